The zero-order valence-corrected chi connectivity index (χ0v) is 17.9. The highest BCUT2D eigenvalue weighted by Gasteiger charge is 2.27. The van der Waals surface area contributed by atoms with Crippen LogP contribution in [0.15, 0.2) is 30.3 Å². The summed E-state index contributed by atoms with van der Waals surface area (Å²) in [5, 5.41) is 14.4. The quantitative estimate of drug-likeness (QED) is 0.314. The predicted octanol–water partition coefficient (Wildman–Crippen LogP) is 2.68. The number of ether oxygens (including phenoxy) is 2. The summed E-state index contributed by atoms with van der Waals surface area (Å²) in [5.74, 6) is -1.23. The molecule has 0 spiro atoms. The largest absolute Gasteiger partial charge is 0.467 e. The maximum absolute atomic E-state index is 12.4. The molecule has 0 saturated heterocycles. The van der Waals surface area contributed by atoms with Gasteiger partial charge in [-0.05, 0) is 12.0 Å². The minimum absolute atomic E-state index is 0.0370. The smallest absolute Gasteiger partial charge is 0.408 e. The van der Waals surface area contributed by atoms with E-state index in [1.165, 1.54) is 13.5 Å². The number of alkyl carbamates (subject to hydrolysis) is 1. The first-order chi connectivity index (χ1) is 14.5. The molecule has 8 heteroatoms. The van der Waals surface area contributed by atoms with Crippen LogP contribution in [0.1, 0.15) is 57.4 Å². The van der Waals surface area contributed by atoms with Crippen LogP contribution in [0.25, 0.3) is 0 Å². The lowest BCUT2D eigenvalue weighted by atomic mass is 10.1. The Morgan fingerprint density at radius 2 is 1.63 bits per heavy atom. The highest BCUT2D eigenvalue weighted by Crippen LogP contribution is 2.10. The first-order valence-electron chi connectivity index (χ1n) is 10.5. The van der Waals surface area contributed by atoms with Crippen LogP contribution in [0, 0.1) is 0 Å². The number of rotatable bonds is 14. The summed E-state index contributed by atoms with van der Waals surface area (Å²) >= 11 is 0. The Morgan fingerprint density at radius 3 is 2.27 bits per heavy atom. The standard InChI is InChI=1S/C22H34N2O6/c1-3-4-5-6-7-11-14-18(21(27)29-2)23-20(26)19(15-25)24-22(28)30-16-17-12-9-8-10-13-17/h8-10,12-13,18-19,25H,3-7,11,14-16H2,1-2H3,(H,23,26)(H,24,28)/t18-,19-/m0/s1. The summed E-state index contributed by atoms with van der Waals surface area (Å²) in [5.41, 5.74) is 0.794. The molecule has 2 atom stereocenters. The molecule has 0 aliphatic rings. The molecule has 0 unspecified atom stereocenters. The van der Waals surface area contributed by atoms with E-state index in [4.69, 9.17) is 9.47 Å². The van der Waals surface area contributed by atoms with E-state index in [0.717, 1.165) is 37.7 Å². The lowest BCUT2D eigenvalue weighted by Crippen LogP contribution is -2.53. The van der Waals surface area contributed by atoms with Crippen LogP contribution in [-0.2, 0) is 25.7 Å². The van der Waals surface area contributed by atoms with Crippen molar-refractivity contribution < 1.29 is 29.0 Å². The monoisotopic (exact) mass is 422 g/mol. The van der Waals surface area contributed by atoms with Gasteiger partial charge < -0.3 is 25.2 Å². The molecule has 1 aromatic rings. The number of aliphatic hydroxyl groups is 1. The number of aliphatic hydroxyl groups excluding tert-OH is 1. The fourth-order valence-electron chi connectivity index (χ4n) is 2.89. The highest BCUT2D eigenvalue weighted by molar-refractivity contribution is 5.89. The molecule has 1 rings (SSSR count). The van der Waals surface area contributed by atoms with E-state index in [2.05, 4.69) is 17.6 Å². The van der Waals surface area contributed by atoms with Gasteiger partial charge in [0.05, 0.1) is 13.7 Å². The van der Waals surface area contributed by atoms with Crippen LogP contribution >= 0.6 is 0 Å². The maximum Gasteiger partial charge on any atom is 0.408 e. The van der Waals surface area contributed by atoms with Crippen molar-refractivity contribution in [2.75, 3.05) is 13.7 Å². The fraction of sp³-hybridized carbons (Fsp3) is 0.591. The van der Waals surface area contributed by atoms with Crippen molar-refractivity contribution >= 4 is 18.0 Å². The van der Waals surface area contributed by atoms with E-state index >= 15 is 0 Å². The Balaban J connectivity index is 2.49. The minimum Gasteiger partial charge on any atom is -0.467 e. The molecular weight excluding hydrogens is 388 g/mol. The highest BCUT2D eigenvalue weighted by atomic mass is 16.5. The molecule has 0 saturated carbocycles. The second-order valence-electron chi connectivity index (χ2n) is 7.08. The van der Waals surface area contributed by atoms with Gasteiger partial charge in [0.1, 0.15) is 18.7 Å². The molecule has 1 aromatic carbocycles. The van der Waals surface area contributed by atoms with Gasteiger partial charge in [-0.25, -0.2) is 9.59 Å². The Morgan fingerprint density at radius 1 is 0.967 bits per heavy atom. The lowest BCUT2D eigenvalue weighted by molar-refractivity contribution is -0.145. The fourth-order valence-corrected chi connectivity index (χ4v) is 2.89. The second kappa shape index (κ2) is 15.3. The average Bonchev–Trinajstić information content (AvgIpc) is 2.77. The van der Waals surface area contributed by atoms with E-state index in [0.29, 0.717) is 6.42 Å². The third-order valence-corrected chi connectivity index (χ3v) is 4.65. The Kier molecular flexibility index (Phi) is 12.9. The molecule has 0 aromatic heterocycles. The van der Waals surface area contributed by atoms with Gasteiger partial charge in [-0.15, -0.1) is 0 Å². The van der Waals surface area contributed by atoms with Crippen LogP contribution in [0.5, 0.6) is 0 Å². The third-order valence-electron chi connectivity index (χ3n) is 4.65. The zero-order valence-electron chi connectivity index (χ0n) is 17.9. The minimum atomic E-state index is -1.23. The SMILES string of the molecule is CCCCCCCC[C@H](NC(=O)[C@H](CO)NC(=O)OCc1ccccc1)C(=O)OC. The van der Waals surface area contributed by atoms with E-state index in [9.17, 15) is 19.5 Å². The third kappa shape index (κ3) is 10.2. The summed E-state index contributed by atoms with van der Waals surface area (Å²) in [4.78, 5) is 36.4. The van der Waals surface area contributed by atoms with Gasteiger partial charge in [0.2, 0.25) is 5.91 Å². The molecule has 0 fully saturated rings. The molecule has 2 amide bonds. The molecule has 0 aliphatic heterocycles. The molecule has 3 N–H and O–H groups in total. The van der Waals surface area contributed by atoms with Crippen molar-refractivity contribution in [2.24, 2.45) is 0 Å². The summed E-state index contributed by atoms with van der Waals surface area (Å²) in [6.07, 6.45) is 5.87. The van der Waals surface area contributed by atoms with Crippen LogP contribution < -0.4 is 10.6 Å². The van der Waals surface area contributed by atoms with Crippen LogP contribution in [0.4, 0.5) is 4.79 Å². The summed E-state index contributed by atoms with van der Waals surface area (Å²) in [7, 11) is 1.26. The van der Waals surface area contributed by atoms with Crippen molar-refractivity contribution in [3.63, 3.8) is 0 Å². The van der Waals surface area contributed by atoms with Gasteiger partial charge in [0.25, 0.3) is 0 Å². The molecular formula is C22H34N2O6. The number of methoxy groups -OCH3 is 1. The first kappa shape index (κ1) is 25.4. The second-order valence-corrected chi connectivity index (χ2v) is 7.08. The number of unbranched alkanes of at least 4 members (excludes halogenated alkanes) is 5. The zero-order chi connectivity index (χ0) is 22.2. The number of hydrogen-bond acceptors (Lipinski definition) is 6. The summed E-state index contributed by atoms with van der Waals surface area (Å²) in [6, 6.07) is 7.02. The predicted molar refractivity (Wildman–Crippen MR) is 113 cm³/mol. The van der Waals surface area contributed by atoms with Crippen molar-refractivity contribution in [3.8, 4) is 0 Å². The number of esters is 1. The molecule has 0 radical (unpaired) electrons. The topological polar surface area (TPSA) is 114 Å². The summed E-state index contributed by atoms with van der Waals surface area (Å²) in [6.45, 7) is 1.55. The Labute approximate surface area is 178 Å². The van der Waals surface area contributed by atoms with E-state index in [1.807, 2.05) is 18.2 Å². The Bertz CT molecular complexity index is 638. The van der Waals surface area contributed by atoms with Crippen LogP contribution in [0.2, 0.25) is 0 Å². The van der Waals surface area contributed by atoms with Gasteiger partial charge in [-0.1, -0.05) is 75.8 Å². The van der Waals surface area contributed by atoms with Crippen molar-refractivity contribution in [2.45, 2.75) is 70.6 Å². The van der Waals surface area contributed by atoms with Crippen molar-refractivity contribution in [1.29, 1.82) is 0 Å². The molecule has 0 aliphatic carbocycles. The van der Waals surface area contributed by atoms with Gasteiger partial charge in [0, 0.05) is 0 Å². The lowest BCUT2D eigenvalue weighted by Gasteiger charge is -2.21. The Hall–Kier alpha value is -2.61. The molecule has 0 bridgehead atoms. The molecule has 0 heterocycles. The van der Waals surface area contributed by atoms with E-state index < -0.39 is 36.7 Å². The number of carbonyl (C=O) groups is 3. The molecule has 8 nitrogen and oxygen atoms in total. The van der Waals surface area contributed by atoms with Crippen molar-refractivity contribution in [1.82, 2.24) is 10.6 Å². The maximum atomic E-state index is 12.4. The van der Waals surface area contributed by atoms with Gasteiger partial charge in [0.15, 0.2) is 0 Å². The number of benzene rings is 1. The van der Waals surface area contributed by atoms with E-state index in [1.54, 1.807) is 12.1 Å². The number of amides is 2. The number of hydrogen-bond donors (Lipinski definition) is 3. The average molecular weight is 423 g/mol. The van der Waals surface area contributed by atoms with Crippen molar-refractivity contribution in [3.05, 3.63) is 35.9 Å². The van der Waals surface area contributed by atoms with Crippen LogP contribution in [-0.4, -0.2) is 48.9 Å². The van der Waals surface area contributed by atoms with E-state index in [-0.39, 0.29) is 6.61 Å². The first-order valence-corrected chi connectivity index (χ1v) is 10.5. The molecule has 168 valence electrons. The van der Waals surface area contributed by atoms with Gasteiger partial charge in [-0.3, -0.25) is 4.79 Å². The van der Waals surface area contributed by atoms with Gasteiger partial charge in [-0.2, -0.15) is 0 Å². The van der Waals surface area contributed by atoms with Gasteiger partial charge >= 0.3 is 12.1 Å². The number of nitrogens with one attached hydrogen (secondary N) is 2. The molecule has 30 heavy (non-hydrogen) atoms. The summed E-state index contributed by atoms with van der Waals surface area (Å²) < 4.78 is 9.83. The normalized spacial score (nSPS) is 12.5. The number of carbonyl (C=O) groups excluding carboxylic acids is 3. The van der Waals surface area contributed by atoms with Crippen LogP contribution in [0.3, 0.4) is 0 Å².